The first-order valence-corrected chi connectivity index (χ1v) is 12.8. The molecule has 0 aliphatic heterocycles. The minimum atomic E-state index is -4.91. The Balaban J connectivity index is 1.65. The highest BCUT2D eigenvalue weighted by molar-refractivity contribution is 5.88. The summed E-state index contributed by atoms with van der Waals surface area (Å²) < 4.78 is 97.0. The summed E-state index contributed by atoms with van der Waals surface area (Å²) in [7, 11) is 0. The van der Waals surface area contributed by atoms with E-state index >= 15 is 26.3 Å². The quantitative estimate of drug-likeness (QED) is 0.340. The van der Waals surface area contributed by atoms with Crippen LogP contribution in [-0.2, 0) is 17.1 Å². The number of alkyl halides is 4. The molecule has 0 bridgehead atoms. The molecule has 4 rings (SSSR count). The van der Waals surface area contributed by atoms with E-state index in [1.165, 1.54) is 31.6 Å². The van der Waals surface area contributed by atoms with Crippen molar-refractivity contribution in [1.29, 1.82) is 0 Å². The molecule has 1 saturated carbocycles. The number of halogens is 6. The summed E-state index contributed by atoms with van der Waals surface area (Å²) in [6, 6.07) is 2.64. The van der Waals surface area contributed by atoms with E-state index in [-0.39, 0.29) is 36.1 Å². The molecule has 0 saturated heterocycles. The zero-order valence-corrected chi connectivity index (χ0v) is 20.6. The number of hydrogen-bond acceptors (Lipinski definition) is 1. The number of allylic oxidation sites excluding steroid dienone is 2. The Bertz CT molecular complexity index is 1020. The first-order valence-electron chi connectivity index (χ1n) is 12.8. The maximum Gasteiger partial charge on any atom is 0.343 e. The molecule has 194 valence electrons. The predicted molar refractivity (Wildman–Crippen MR) is 125 cm³/mol. The second kappa shape index (κ2) is 9.60. The fraction of sp³-hybridized carbons (Fsp3) is 0.643. The van der Waals surface area contributed by atoms with Gasteiger partial charge < -0.3 is 4.74 Å². The molecule has 1 aromatic rings. The van der Waals surface area contributed by atoms with Crippen LogP contribution >= 0.6 is 0 Å². The summed E-state index contributed by atoms with van der Waals surface area (Å²) in [5.41, 5.74) is -5.21. The third-order valence-electron chi connectivity index (χ3n) is 8.13. The Morgan fingerprint density at radius 2 is 1.54 bits per heavy atom. The van der Waals surface area contributed by atoms with Gasteiger partial charge in [0.15, 0.2) is 0 Å². The Morgan fingerprint density at radius 3 is 2.14 bits per heavy atom. The lowest BCUT2D eigenvalue weighted by Gasteiger charge is -2.42. The van der Waals surface area contributed by atoms with Crippen LogP contribution in [0.5, 0.6) is 0 Å². The van der Waals surface area contributed by atoms with Crippen LogP contribution in [0.25, 0.3) is 5.57 Å². The first kappa shape index (κ1) is 26.3. The minimum absolute atomic E-state index is 0.0124. The Labute approximate surface area is 203 Å². The largest absolute Gasteiger partial charge is 0.368 e. The average Bonchev–Trinajstić information content (AvgIpc) is 2.80. The molecule has 1 atom stereocenters. The van der Waals surface area contributed by atoms with Crippen LogP contribution in [-0.4, -0.2) is 18.1 Å². The summed E-state index contributed by atoms with van der Waals surface area (Å²) in [5.74, 6) is -11.4. The first-order chi connectivity index (χ1) is 16.5. The van der Waals surface area contributed by atoms with Crippen molar-refractivity contribution in [3.05, 3.63) is 52.1 Å². The fourth-order valence-corrected chi connectivity index (χ4v) is 6.10. The third-order valence-corrected chi connectivity index (χ3v) is 8.13. The van der Waals surface area contributed by atoms with Gasteiger partial charge in [0.1, 0.15) is 17.2 Å². The summed E-state index contributed by atoms with van der Waals surface area (Å²) in [6.07, 6.45) is 8.61. The van der Waals surface area contributed by atoms with Gasteiger partial charge in [-0.05, 0) is 55.2 Å². The molecule has 35 heavy (non-hydrogen) atoms. The summed E-state index contributed by atoms with van der Waals surface area (Å²) in [6.45, 7) is 5.02. The molecular weight excluding hydrogens is 466 g/mol. The average molecular weight is 501 g/mol. The van der Waals surface area contributed by atoms with Crippen molar-refractivity contribution in [2.75, 3.05) is 6.61 Å². The fourth-order valence-electron chi connectivity index (χ4n) is 6.10. The molecule has 0 radical (unpaired) electrons. The highest BCUT2D eigenvalue weighted by Gasteiger charge is 2.67. The van der Waals surface area contributed by atoms with E-state index < -0.39 is 40.2 Å². The van der Waals surface area contributed by atoms with Gasteiger partial charge in [-0.3, -0.25) is 0 Å². The second-order valence-electron chi connectivity index (χ2n) is 10.5. The van der Waals surface area contributed by atoms with Crippen LogP contribution < -0.4 is 0 Å². The molecule has 1 fully saturated rings. The molecular formula is C28H34F6O. The maximum absolute atomic E-state index is 15.5. The van der Waals surface area contributed by atoms with Crippen LogP contribution in [0.2, 0.25) is 0 Å². The van der Waals surface area contributed by atoms with Crippen molar-refractivity contribution in [3.8, 4) is 0 Å². The molecule has 0 spiro atoms. The Morgan fingerprint density at radius 1 is 0.914 bits per heavy atom. The molecule has 0 aromatic heterocycles. The number of hydrogen-bond donors (Lipinski definition) is 0. The monoisotopic (exact) mass is 500 g/mol. The predicted octanol–water partition coefficient (Wildman–Crippen LogP) is 8.91. The Kier molecular flexibility index (Phi) is 7.22. The van der Waals surface area contributed by atoms with E-state index in [0.717, 1.165) is 32.1 Å². The molecule has 1 unspecified atom stereocenters. The molecule has 0 amide bonds. The van der Waals surface area contributed by atoms with Gasteiger partial charge in [0, 0.05) is 13.0 Å². The van der Waals surface area contributed by atoms with Gasteiger partial charge in [-0.25, -0.2) is 8.78 Å². The maximum atomic E-state index is 15.5. The van der Waals surface area contributed by atoms with Gasteiger partial charge in [-0.15, -0.1) is 0 Å². The molecule has 7 heteroatoms. The van der Waals surface area contributed by atoms with Gasteiger partial charge in [0.25, 0.3) is 0 Å². The van der Waals surface area contributed by atoms with Crippen LogP contribution in [0.15, 0.2) is 29.6 Å². The van der Waals surface area contributed by atoms with Crippen molar-refractivity contribution in [2.45, 2.75) is 96.0 Å². The van der Waals surface area contributed by atoms with Crippen LogP contribution in [0.3, 0.4) is 0 Å². The number of fused-ring (bicyclic) bond motifs is 3. The molecule has 1 aromatic carbocycles. The molecule has 0 N–H and O–H groups in total. The number of aryl methyl sites for hydroxylation is 1. The van der Waals surface area contributed by atoms with Crippen molar-refractivity contribution in [1.82, 2.24) is 0 Å². The van der Waals surface area contributed by atoms with E-state index in [0.29, 0.717) is 18.3 Å². The van der Waals surface area contributed by atoms with Crippen molar-refractivity contribution < 1.29 is 31.1 Å². The summed E-state index contributed by atoms with van der Waals surface area (Å²) in [5, 5.41) is 0. The topological polar surface area (TPSA) is 9.23 Å². The van der Waals surface area contributed by atoms with E-state index in [1.807, 2.05) is 0 Å². The van der Waals surface area contributed by atoms with Crippen molar-refractivity contribution in [3.63, 3.8) is 0 Å². The van der Waals surface area contributed by atoms with E-state index in [9.17, 15) is 0 Å². The Hall–Kier alpha value is -1.76. The van der Waals surface area contributed by atoms with Gasteiger partial charge in [-0.2, -0.15) is 17.6 Å². The van der Waals surface area contributed by atoms with E-state index in [2.05, 4.69) is 6.92 Å². The second-order valence-corrected chi connectivity index (χ2v) is 10.5. The number of rotatable bonds is 7. The van der Waals surface area contributed by atoms with E-state index in [1.54, 1.807) is 6.92 Å². The van der Waals surface area contributed by atoms with Crippen LogP contribution in [0.4, 0.5) is 26.3 Å². The lowest BCUT2D eigenvalue weighted by atomic mass is 9.72. The zero-order chi connectivity index (χ0) is 25.6. The molecule has 1 nitrogen and oxygen atoms in total. The SMILES string of the molecule is CCCC1CCC(CCc2ccc3c(c2F)C(F)(F)C(F)(F)C2=C(F)C(C)(OCC)CC=C23)CC1. The van der Waals surface area contributed by atoms with Crippen LogP contribution in [0.1, 0.15) is 88.8 Å². The van der Waals surface area contributed by atoms with Gasteiger partial charge in [-0.1, -0.05) is 63.7 Å². The minimum Gasteiger partial charge on any atom is -0.368 e. The lowest BCUT2D eigenvalue weighted by Crippen LogP contribution is -2.48. The molecule has 0 heterocycles. The van der Waals surface area contributed by atoms with Gasteiger partial charge in [0.05, 0.1) is 11.1 Å². The molecule has 3 aliphatic rings. The number of ether oxygens (including phenoxy) is 1. The van der Waals surface area contributed by atoms with Gasteiger partial charge >= 0.3 is 11.8 Å². The smallest absolute Gasteiger partial charge is 0.343 e. The van der Waals surface area contributed by atoms with E-state index in [4.69, 9.17) is 4.74 Å². The number of benzene rings is 1. The third kappa shape index (κ3) is 4.36. The standard InChI is InChI=1S/C28H34F6O/c1-4-6-17-7-9-18(10-8-17)11-12-19-13-14-20-21-15-16-26(3,35-5-2)25(30)23(21)28(33,34)27(31,32)22(20)24(19)29/h13-15,17-18H,4-12,16H2,1-3H3. The highest BCUT2D eigenvalue weighted by atomic mass is 19.3. The van der Waals surface area contributed by atoms with Crippen LogP contribution in [0, 0.1) is 17.7 Å². The summed E-state index contributed by atoms with van der Waals surface area (Å²) in [4.78, 5) is 0. The zero-order valence-electron chi connectivity index (χ0n) is 20.6. The van der Waals surface area contributed by atoms with Crippen molar-refractivity contribution in [2.24, 2.45) is 11.8 Å². The molecule has 3 aliphatic carbocycles. The normalized spacial score (nSPS) is 29.5. The van der Waals surface area contributed by atoms with Gasteiger partial charge in [0.2, 0.25) is 0 Å². The lowest BCUT2D eigenvalue weighted by molar-refractivity contribution is -0.197. The summed E-state index contributed by atoms with van der Waals surface area (Å²) >= 11 is 0. The van der Waals surface area contributed by atoms with Crippen molar-refractivity contribution >= 4 is 5.57 Å². The highest BCUT2D eigenvalue weighted by Crippen LogP contribution is 2.61.